The van der Waals surface area contributed by atoms with Crippen molar-refractivity contribution in [2.24, 2.45) is 10.4 Å². The third kappa shape index (κ3) is 4.45. The molecule has 26 heavy (non-hydrogen) atoms. The van der Waals surface area contributed by atoms with E-state index < -0.39 is 5.41 Å². The summed E-state index contributed by atoms with van der Waals surface area (Å²) in [6.45, 7) is 6.38. The second-order valence-electron chi connectivity index (χ2n) is 7.45. The number of ether oxygens (including phenoxy) is 1. The van der Waals surface area contributed by atoms with Crippen molar-refractivity contribution in [1.82, 2.24) is 4.98 Å². The number of allylic oxidation sites excluding steroid dienone is 1. The predicted molar refractivity (Wildman–Crippen MR) is 104 cm³/mol. The minimum atomic E-state index is -0.516. The van der Waals surface area contributed by atoms with Gasteiger partial charge in [-0.05, 0) is 75.1 Å². The number of hydrogen-bond acceptors (Lipinski definition) is 4. The number of nitrogens with zero attached hydrogens (tertiary/aromatic N) is 2. The first-order chi connectivity index (χ1) is 12.4. The summed E-state index contributed by atoms with van der Waals surface area (Å²) < 4.78 is 5.42. The fourth-order valence-electron chi connectivity index (χ4n) is 2.69. The molecule has 1 aliphatic heterocycles. The zero-order valence-electron chi connectivity index (χ0n) is 15.5. The lowest BCUT2D eigenvalue weighted by molar-refractivity contribution is -0.142. The van der Waals surface area contributed by atoms with Crippen LogP contribution in [0.2, 0.25) is 0 Å². The molecule has 3 rings (SSSR count). The molecule has 0 bridgehead atoms. The maximum absolute atomic E-state index is 12.0. The van der Waals surface area contributed by atoms with Gasteiger partial charge in [-0.15, -0.1) is 0 Å². The molecule has 0 radical (unpaired) electrons. The average Bonchev–Trinajstić information content (AvgIpc) is 2.64. The molecular formula is C22H24N2O2. The molecule has 2 aromatic rings. The molecule has 134 valence electrons. The topological polar surface area (TPSA) is 51.5 Å². The van der Waals surface area contributed by atoms with Crippen molar-refractivity contribution in [3.05, 3.63) is 65.5 Å². The summed E-state index contributed by atoms with van der Waals surface area (Å²) in [7, 11) is 0. The standard InChI is InChI=1S/C22H24N2O2/c1-22(2,3)21(25)26-19-10-8-16(9-11-19)14-17-6-5-13-24-20(17)18-7-4-12-23-15-18/h4,7-12,14-15H,5-6,13H2,1-3H3/b17-14+. The molecule has 0 atom stereocenters. The Bertz CT molecular complexity index is 829. The second kappa shape index (κ2) is 7.65. The quantitative estimate of drug-likeness (QED) is 0.597. The van der Waals surface area contributed by atoms with Crippen molar-refractivity contribution in [1.29, 1.82) is 0 Å². The molecule has 1 aromatic heterocycles. The Labute approximate surface area is 154 Å². The molecule has 1 aliphatic rings. The maximum atomic E-state index is 12.0. The fraction of sp³-hybridized carbons (Fsp3) is 0.318. The van der Waals surface area contributed by atoms with Crippen LogP contribution in [0.3, 0.4) is 0 Å². The van der Waals surface area contributed by atoms with E-state index in [0.717, 1.165) is 36.2 Å². The van der Waals surface area contributed by atoms with Crippen LogP contribution in [0.4, 0.5) is 0 Å². The molecule has 4 nitrogen and oxygen atoms in total. The molecule has 0 unspecified atom stereocenters. The second-order valence-corrected chi connectivity index (χ2v) is 7.45. The van der Waals surface area contributed by atoms with E-state index in [1.54, 1.807) is 6.20 Å². The van der Waals surface area contributed by atoms with Crippen molar-refractivity contribution in [3.8, 4) is 5.75 Å². The van der Waals surface area contributed by atoms with Crippen LogP contribution >= 0.6 is 0 Å². The van der Waals surface area contributed by atoms with Crippen LogP contribution in [0.5, 0.6) is 5.75 Å². The van der Waals surface area contributed by atoms with Crippen LogP contribution in [-0.2, 0) is 4.79 Å². The van der Waals surface area contributed by atoms with Gasteiger partial charge < -0.3 is 4.74 Å². The van der Waals surface area contributed by atoms with Crippen molar-refractivity contribution in [3.63, 3.8) is 0 Å². The summed E-state index contributed by atoms with van der Waals surface area (Å²) in [4.78, 5) is 20.9. The number of rotatable bonds is 3. The molecule has 0 spiro atoms. The van der Waals surface area contributed by atoms with E-state index in [2.05, 4.69) is 11.1 Å². The highest BCUT2D eigenvalue weighted by atomic mass is 16.5. The van der Waals surface area contributed by atoms with Gasteiger partial charge in [0.1, 0.15) is 5.75 Å². The molecule has 0 N–H and O–H groups in total. The highest BCUT2D eigenvalue weighted by molar-refractivity contribution is 6.15. The molecule has 0 aliphatic carbocycles. The normalized spacial score (nSPS) is 16.3. The summed E-state index contributed by atoms with van der Waals surface area (Å²) in [5.41, 5.74) is 3.83. The molecule has 1 aromatic carbocycles. The minimum absolute atomic E-state index is 0.234. The lowest BCUT2D eigenvalue weighted by atomic mass is 9.95. The predicted octanol–water partition coefficient (Wildman–Crippen LogP) is 4.70. The Morgan fingerprint density at radius 2 is 1.92 bits per heavy atom. The largest absolute Gasteiger partial charge is 0.426 e. The van der Waals surface area contributed by atoms with Gasteiger partial charge >= 0.3 is 5.97 Å². The van der Waals surface area contributed by atoms with Crippen LogP contribution in [0.25, 0.3) is 6.08 Å². The van der Waals surface area contributed by atoms with E-state index in [0.29, 0.717) is 5.75 Å². The number of benzene rings is 1. The number of hydrogen-bond donors (Lipinski definition) is 0. The summed E-state index contributed by atoms with van der Waals surface area (Å²) in [6, 6.07) is 11.6. The highest BCUT2D eigenvalue weighted by Crippen LogP contribution is 2.24. The van der Waals surface area contributed by atoms with E-state index in [1.807, 2.05) is 63.4 Å². The van der Waals surface area contributed by atoms with E-state index >= 15 is 0 Å². The third-order valence-electron chi connectivity index (χ3n) is 4.16. The lowest BCUT2D eigenvalue weighted by Gasteiger charge is -2.17. The number of carbonyl (C=O) groups is 1. The zero-order valence-corrected chi connectivity index (χ0v) is 15.5. The summed E-state index contributed by atoms with van der Waals surface area (Å²) in [5, 5.41) is 0. The van der Waals surface area contributed by atoms with Crippen LogP contribution in [0, 0.1) is 5.41 Å². The molecule has 0 saturated heterocycles. The van der Waals surface area contributed by atoms with Gasteiger partial charge in [0, 0.05) is 24.5 Å². The maximum Gasteiger partial charge on any atom is 0.316 e. The lowest BCUT2D eigenvalue weighted by Crippen LogP contribution is -2.25. The average molecular weight is 348 g/mol. The SMILES string of the molecule is CC(C)(C)C(=O)Oc1ccc(/C=C2\CCCN=C2c2cccnc2)cc1. The Morgan fingerprint density at radius 3 is 2.58 bits per heavy atom. The number of aliphatic imine (C=N–C) groups is 1. The van der Waals surface area contributed by atoms with Crippen LogP contribution < -0.4 is 4.74 Å². The third-order valence-corrected chi connectivity index (χ3v) is 4.16. The van der Waals surface area contributed by atoms with E-state index in [1.165, 1.54) is 5.57 Å². The number of esters is 1. The van der Waals surface area contributed by atoms with Crippen LogP contribution in [0.1, 0.15) is 44.7 Å². The Hall–Kier alpha value is -2.75. The van der Waals surface area contributed by atoms with E-state index in [-0.39, 0.29) is 5.97 Å². The minimum Gasteiger partial charge on any atom is -0.426 e. The van der Waals surface area contributed by atoms with Gasteiger partial charge in [0.15, 0.2) is 0 Å². The number of carbonyl (C=O) groups excluding carboxylic acids is 1. The fourth-order valence-corrected chi connectivity index (χ4v) is 2.69. The summed E-state index contributed by atoms with van der Waals surface area (Å²) in [6.07, 6.45) is 7.83. The van der Waals surface area contributed by atoms with E-state index in [4.69, 9.17) is 9.73 Å². The molecule has 0 fully saturated rings. The van der Waals surface area contributed by atoms with Crippen LogP contribution in [0.15, 0.2) is 59.4 Å². The molecule has 0 saturated carbocycles. The van der Waals surface area contributed by atoms with Gasteiger partial charge in [0.05, 0.1) is 11.1 Å². The molecule has 0 amide bonds. The smallest absolute Gasteiger partial charge is 0.316 e. The van der Waals surface area contributed by atoms with Gasteiger partial charge in [0.2, 0.25) is 0 Å². The van der Waals surface area contributed by atoms with Crippen molar-refractivity contribution in [2.75, 3.05) is 6.54 Å². The summed E-state index contributed by atoms with van der Waals surface area (Å²) in [5.74, 6) is 0.332. The van der Waals surface area contributed by atoms with Crippen molar-refractivity contribution < 1.29 is 9.53 Å². The number of pyridine rings is 1. The first kappa shape index (κ1) is 18.1. The van der Waals surface area contributed by atoms with Crippen LogP contribution in [-0.4, -0.2) is 23.2 Å². The summed E-state index contributed by atoms with van der Waals surface area (Å²) >= 11 is 0. The molecule has 4 heteroatoms. The van der Waals surface area contributed by atoms with Gasteiger partial charge in [-0.2, -0.15) is 0 Å². The van der Waals surface area contributed by atoms with E-state index in [9.17, 15) is 4.79 Å². The highest BCUT2D eigenvalue weighted by Gasteiger charge is 2.23. The van der Waals surface area contributed by atoms with Gasteiger partial charge in [0.25, 0.3) is 0 Å². The van der Waals surface area contributed by atoms with Crippen molar-refractivity contribution in [2.45, 2.75) is 33.6 Å². The zero-order chi connectivity index (χ0) is 18.6. The number of aromatic nitrogens is 1. The van der Waals surface area contributed by atoms with Gasteiger partial charge in [-0.3, -0.25) is 14.8 Å². The Kier molecular flexibility index (Phi) is 5.31. The Balaban J connectivity index is 1.80. The van der Waals surface area contributed by atoms with Crippen molar-refractivity contribution >= 4 is 17.8 Å². The first-order valence-corrected chi connectivity index (χ1v) is 8.91. The van der Waals surface area contributed by atoms with Gasteiger partial charge in [-0.25, -0.2) is 0 Å². The van der Waals surface area contributed by atoms with Gasteiger partial charge in [-0.1, -0.05) is 12.1 Å². The monoisotopic (exact) mass is 348 g/mol. The molecular weight excluding hydrogens is 324 g/mol. The first-order valence-electron chi connectivity index (χ1n) is 8.91. The Morgan fingerprint density at radius 1 is 1.15 bits per heavy atom. The molecule has 2 heterocycles.